The third-order valence-corrected chi connectivity index (χ3v) is 1.95. The second kappa shape index (κ2) is 3.19. The molecule has 0 radical (unpaired) electrons. The lowest BCUT2D eigenvalue weighted by molar-refractivity contribution is -0.144. The highest BCUT2D eigenvalue weighted by Gasteiger charge is 2.41. The predicted octanol–water partition coefficient (Wildman–Crippen LogP) is -0.160. The normalized spacial score (nSPS) is 30.6. The maximum absolute atomic E-state index is 10.8. The molecule has 0 aliphatic carbocycles. The van der Waals surface area contributed by atoms with Crippen LogP contribution < -0.4 is 5.32 Å². The fourth-order valence-corrected chi connectivity index (χ4v) is 1.29. The Kier molecular flexibility index (Phi) is 2.46. The molecule has 0 aromatic carbocycles. The Morgan fingerprint density at radius 3 is 2.91 bits per heavy atom. The van der Waals surface area contributed by atoms with E-state index >= 15 is 0 Å². The van der Waals surface area contributed by atoms with Crippen LogP contribution in [0.5, 0.6) is 0 Å². The van der Waals surface area contributed by atoms with Crippen LogP contribution in [0.3, 0.4) is 0 Å². The molecular weight excluding hydrogens is 146 g/mol. The van der Waals surface area contributed by atoms with Gasteiger partial charge in [-0.3, -0.25) is 4.79 Å². The van der Waals surface area contributed by atoms with Crippen LogP contribution in [0.2, 0.25) is 0 Å². The third kappa shape index (κ3) is 1.52. The fraction of sp³-hybridized carbons (Fsp3) is 0.857. The van der Waals surface area contributed by atoms with Crippen LogP contribution in [0.25, 0.3) is 0 Å². The number of ether oxygens (including phenoxy) is 1. The van der Waals surface area contributed by atoms with Crippen LogP contribution >= 0.6 is 0 Å². The zero-order chi connectivity index (χ0) is 8.32. The summed E-state index contributed by atoms with van der Waals surface area (Å²) in [5.74, 6) is -0.808. The number of carboxylic acid groups (broad SMARTS) is 1. The molecular formula is C7H13NO3. The van der Waals surface area contributed by atoms with Gasteiger partial charge in [0.1, 0.15) is 5.54 Å². The molecule has 1 atom stereocenters. The summed E-state index contributed by atoms with van der Waals surface area (Å²) in [7, 11) is 0. The molecule has 1 saturated heterocycles. The number of likely N-dealkylation sites (N-methyl/N-ethyl adjacent to an activating group) is 1. The molecule has 1 rings (SSSR count). The lowest BCUT2D eigenvalue weighted by Gasteiger charge is -2.22. The van der Waals surface area contributed by atoms with Gasteiger partial charge in [0.15, 0.2) is 0 Å². The number of rotatable bonds is 3. The summed E-state index contributed by atoms with van der Waals surface area (Å²) in [5, 5.41) is 11.8. The van der Waals surface area contributed by atoms with E-state index in [-0.39, 0.29) is 6.61 Å². The van der Waals surface area contributed by atoms with Gasteiger partial charge in [-0.2, -0.15) is 0 Å². The van der Waals surface area contributed by atoms with E-state index in [1.165, 1.54) is 0 Å². The van der Waals surface area contributed by atoms with Gasteiger partial charge in [-0.05, 0) is 6.54 Å². The fourth-order valence-electron chi connectivity index (χ4n) is 1.29. The Labute approximate surface area is 65.5 Å². The number of aliphatic carboxylic acids is 1. The highest BCUT2D eigenvalue weighted by Crippen LogP contribution is 2.18. The number of hydrogen-bond acceptors (Lipinski definition) is 3. The van der Waals surface area contributed by atoms with Gasteiger partial charge >= 0.3 is 5.97 Å². The summed E-state index contributed by atoms with van der Waals surface area (Å²) in [4.78, 5) is 10.8. The van der Waals surface area contributed by atoms with Crippen molar-refractivity contribution >= 4 is 5.97 Å². The minimum absolute atomic E-state index is 0.288. The molecule has 0 amide bonds. The van der Waals surface area contributed by atoms with Crippen LogP contribution in [0.4, 0.5) is 0 Å². The number of nitrogens with one attached hydrogen (secondary N) is 1. The molecule has 2 N–H and O–H groups in total. The molecule has 1 aliphatic rings. The van der Waals surface area contributed by atoms with Crippen LogP contribution in [0.1, 0.15) is 13.3 Å². The second-order valence-electron chi connectivity index (χ2n) is 2.72. The zero-order valence-corrected chi connectivity index (χ0v) is 6.59. The van der Waals surface area contributed by atoms with E-state index in [2.05, 4.69) is 5.32 Å². The monoisotopic (exact) mass is 159 g/mol. The largest absolute Gasteiger partial charge is 0.480 e. The maximum Gasteiger partial charge on any atom is 0.326 e. The Morgan fingerprint density at radius 2 is 2.55 bits per heavy atom. The first-order valence-electron chi connectivity index (χ1n) is 3.77. The number of hydrogen-bond donors (Lipinski definition) is 2. The SMILES string of the molecule is CCNC1(C(=O)O)CCOC1. The molecule has 1 unspecified atom stereocenters. The van der Waals surface area contributed by atoms with Crippen molar-refractivity contribution in [1.82, 2.24) is 5.32 Å². The smallest absolute Gasteiger partial charge is 0.326 e. The highest BCUT2D eigenvalue weighted by molar-refractivity contribution is 5.79. The predicted molar refractivity (Wildman–Crippen MR) is 39.5 cm³/mol. The first-order chi connectivity index (χ1) is 5.21. The van der Waals surface area contributed by atoms with Gasteiger partial charge in [0.2, 0.25) is 0 Å². The standard InChI is InChI=1S/C7H13NO3/c1-2-8-7(6(9)10)3-4-11-5-7/h8H,2-5H2,1H3,(H,9,10). The molecule has 0 aromatic heterocycles. The van der Waals surface area contributed by atoms with Crippen LogP contribution in [0, 0.1) is 0 Å². The first-order valence-corrected chi connectivity index (χ1v) is 3.77. The molecule has 64 valence electrons. The van der Waals surface area contributed by atoms with Crippen LogP contribution in [-0.2, 0) is 9.53 Å². The molecule has 4 heteroatoms. The van der Waals surface area contributed by atoms with Crippen molar-refractivity contribution < 1.29 is 14.6 Å². The first kappa shape index (κ1) is 8.49. The van der Waals surface area contributed by atoms with Gasteiger partial charge in [-0.1, -0.05) is 6.92 Å². The molecule has 0 saturated carbocycles. The summed E-state index contributed by atoms with van der Waals surface area (Å²) < 4.78 is 5.03. The lowest BCUT2D eigenvalue weighted by Crippen LogP contribution is -2.52. The number of carbonyl (C=O) groups is 1. The molecule has 0 spiro atoms. The van der Waals surface area contributed by atoms with Crippen LogP contribution in [0.15, 0.2) is 0 Å². The second-order valence-corrected chi connectivity index (χ2v) is 2.72. The summed E-state index contributed by atoms with van der Waals surface area (Å²) >= 11 is 0. The van der Waals surface area contributed by atoms with E-state index in [1.807, 2.05) is 6.92 Å². The van der Waals surface area contributed by atoms with E-state index in [0.717, 1.165) is 0 Å². The summed E-state index contributed by atoms with van der Waals surface area (Å²) in [6.45, 7) is 3.38. The highest BCUT2D eigenvalue weighted by atomic mass is 16.5. The summed E-state index contributed by atoms with van der Waals surface area (Å²) in [6.07, 6.45) is 0.566. The van der Waals surface area contributed by atoms with Gasteiger partial charge in [0.25, 0.3) is 0 Å². The van der Waals surface area contributed by atoms with E-state index in [9.17, 15) is 4.79 Å². The van der Waals surface area contributed by atoms with Crippen molar-refractivity contribution in [2.45, 2.75) is 18.9 Å². The Bertz CT molecular complexity index is 152. The average Bonchev–Trinajstić information content (AvgIpc) is 2.38. The Morgan fingerprint density at radius 1 is 1.82 bits per heavy atom. The van der Waals surface area contributed by atoms with Crippen molar-refractivity contribution in [3.8, 4) is 0 Å². The van der Waals surface area contributed by atoms with Gasteiger partial charge in [-0.15, -0.1) is 0 Å². The Balaban J connectivity index is 2.62. The maximum atomic E-state index is 10.8. The van der Waals surface area contributed by atoms with Crippen molar-refractivity contribution in [3.63, 3.8) is 0 Å². The van der Waals surface area contributed by atoms with Gasteiger partial charge in [-0.25, -0.2) is 0 Å². The topological polar surface area (TPSA) is 58.6 Å². The molecule has 4 nitrogen and oxygen atoms in total. The van der Waals surface area contributed by atoms with Crippen molar-refractivity contribution in [2.24, 2.45) is 0 Å². The zero-order valence-electron chi connectivity index (χ0n) is 6.59. The minimum Gasteiger partial charge on any atom is -0.480 e. The molecule has 1 fully saturated rings. The Hall–Kier alpha value is -0.610. The van der Waals surface area contributed by atoms with Gasteiger partial charge in [0.05, 0.1) is 6.61 Å². The van der Waals surface area contributed by atoms with Gasteiger partial charge < -0.3 is 15.2 Å². The van der Waals surface area contributed by atoms with E-state index in [0.29, 0.717) is 19.6 Å². The molecule has 11 heavy (non-hydrogen) atoms. The summed E-state index contributed by atoms with van der Waals surface area (Å²) in [5.41, 5.74) is -0.811. The van der Waals surface area contributed by atoms with E-state index in [1.54, 1.807) is 0 Å². The van der Waals surface area contributed by atoms with E-state index in [4.69, 9.17) is 9.84 Å². The average molecular weight is 159 g/mol. The molecule has 0 aromatic rings. The minimum atomic E-state index is -0.811. The lowest BCUT2D eigenvalue weighted by atomic mass is 9.99. The van der Waals surface area contributed by atoms with Gasteiger partial charge in [0, 0.05) is 13.0 Å². The molecule has 1 aliphatic heterocycles. The number of carboxylic acids is 1. The van der Waals surface area contributed by atoms with Crippen molar-refractivity contribution in [2.75, 3.05) is 19.8 Å². The molecule has 1 heterocycles. The molecule has 0 bridgehead atoms. The van der Waals surface area contributed by atoms with Crippen molar-refractivity contribution in [3.05, 3.63) is 0 Å². The van der Waals surface area contributed by atoms with Crippen molar-refractivity contribution in [1.29, 1.82) is 0 Å². The summed E-state index contributed by atoms with van der Waals surface area (Å²) in [6, 6.07) is 0. The third-order valence-electron chi connectivity index (χ3n) is 1.95. The van der Waals surface area contributed by atoms with Crippen LogP contribution in [-0.4, -0.2) is 36.4 Å². The quantitative estimate of drug-likeness (QED) is 0.600. The van der Waals surface area contributed by atoms with E-state index < -0.39 is 11.5 Å².